The molecule has 0 fully saturated rings. The minimum atomic E-state index is -0.548. The lowest BCUT2D eigenvalue weighted by molar-refractivity contribution is -0.115. The van der Waals surface area contributed by atoms with Crippen LogP contribution in [0.5, 0.6) is 5.75 Å². The van der Waals surface area contributed by atoms with E-state index < -0.39 is 10.9 Å². The Labute approximate surface area is 172 Å². The van der Waals surface area contributed by atoms with Gasteiger partial charge in [-0.15, -0.1) is 0 Å². The van der Waals surface area contributed by atoms with E-state index in [1.165, 1.54) is 4.90 Å². The van der Waals surface area contributed by atoms with Gasteiger partial charge < -0.3 is 20.6 Å². The number of hydrogen-bond acceptors (Lipinski definition) is 6. The highest BCUT2D eigenvalue weighted by molar-refractivity contribution is 5.80. The summed E-state index contributed by atoms with van der Waals surface area (Å²) in [6, 6.07) is 5.34. The van der Waals surface area contributed by atoms with E-state index in [-0.39, 0.29) is 17.5 Å². The highest BCUT2D eigenvalue weighted by Gasteiger charge is 2.23. The van der Waals surface area contributed by atoms with Crippen molar-refractivity contribution in [1.82, 2.24) is 4.90 Å². The molecule has 0 aliphatic rings. The predicted molar refractivity (Wildman–Crippen MR) is 119 cm³/mol. The highest BCUT2D eigenvalue weighted by atomic mass is 16.3. The molecule has 0 aromatic heterocycles. The summed E-state index contributed by atoms with van der Waals surface area (Å²) in [6.45, 7) is 8.15. The number of para-hydroxylation sites is 1. The molecular weight excluding hydrogens is 370 g/mol. The van der Waals surface area contributed by atoms with E-state index in [0.717, 1.165) is 25.7 Å². The molecule has 0 saturated carbocycles. The Morgan fingerprint density at radius 2 is 1.66 bits per heavy atom. The zero-order valence-electron chi connectivity index (χ0n) is 18.2. The van der Waals surface area contributed by atoms with Gasteiger partial charge in [0.1, 0.15) is 17.1 Å². The molecule has 7 nitrogen and oxygen atoms in total. The predicted octanol–water partition coefficient (Wildman–Crippen LogP) is 3.37. The van der Waals surface area contributed by atoms with Crippen LogP contribution in [0, 0.1) is 12.8 Å². The molecule has 0 aliphatic heterocycles. The SMILES string of the molecule is CN(C)C=O.Cc1cccc(Nc2c(NC(C)CCCC(C)C)c(=O)c2=O)c1O. The van der Waals surface area contributed by atoms with E-state index >= 15 is 0 Å². The number of phenols is 1. The zero-order valence-corrected chi connectivity index (χ0v) is 18.2. The summed E-state index contributed by atoms with van der Waals surface area (Å²) in [4.78, 5) is 34.6. The number of rotatable bonds is 9. The van der Waals surface area contributed by atoms with Crippen molar-refractivity contribution in [2.75, 3.05) is 24.7 Å². The molecule has 29 heavy (non-hydrogen) atoms. The first kappa shape index (κ1) is 24.2. The van der Waals surface area contributed by atoms with Gasteiger partial charge in [-0.2, -0.15) is 0 Å². The molecule has 2 aromatic rings. The van der Waals surface area contributed by atoms with Crippen molar-refractivity contribution in [2.24, 2.45) is 5.92 Å². The van der Waals surface area contributed by atoms with Gasteiger partial charge in [0.15, 0.2) is 0 Å². The fourth-order valence-corrected chi connectivity index (χ4v) is 2.69. The number of amides is 1. The molecule has 0 spiro atoms. The summed E-state index contributed by atoms with van der Waals surface area (Å²) >= 11 is 0. The lowest BCUT2D eigenvalue weighted by atomic mass is 10.0. The Morgan fingerprint density at radius 1 is 1.07 bits per heavy atom. The molecule has 0 radical (unpaired) electrons. The number of carbonyl (C=O) groups excluding carboxylic acids is 1. The summed E-state index contributed by atoms with van der Waals surface area (Å²) < 4.78 is 0. The highest BCUT2D eigenvalue weighted by Crippen LogP contribution is 2.31. The summed E-state index contributed by atoms with van der Waals surface area (Å²) in [7, 11) is 3.38. The molecule has 3 N–H and O–H groups in total. The zero-order chi connectivity index (χ0) is 22.1. The van der Waals surface area contributed by atoms with Crippen LogP contribution in [0.2, 0.25) is 0 Å². The maximum atomic E-state index is 11.9. The Kier molecular flexibility index (Phi) is 9.38. The molecule has 2 rings (SSSR count). The van der Waals surface area contributed by atoms with E-state index in [0.29, 0.717) is 22.9 Å². The number of nitrogens with zero attached hydrogens (tertiary/aromatic N) is 1. The smallest absolute Gasteiger partial charge is 0.253 e. The van der Waals surface area contributed by atoms with Crippen molar-refractivity contribution in [3.05, 3.63) is 44.2 Å². The number of phenolic OH excluding ortho intramolecular Hbond substituents is 1. The second-order valence-corrected chi connectivity index (χ2v) is 7.94. The van der Waals surface area contributed by atoms with Crippen LogP contribution in [-0.2, 0) is 4.79 Å². The first-order valence-corrected chi connectivity index (χ1v) is 9.85. The van der Waals surface area contributed by atoms with Crippen LogP contribution in [-0.4, -0.2) is 36.6 Å². The molecular formula is C22H33N3O4. The Morgan fingerprint density at radius 3 is 2.21 bits per heavy atom. The molecule has 1 amide bonds. The van der Waals surface area contributed by atoms with Crippen molar-refractivity contribution in [3.63, 3.8) is 0 Å². The summed E-state index contributed by atoms with van der Waals surface area (Å²) in [6.07, 6.45) is 3.90. The van der Waals surface area contributed by atoms with E-state index in [1.807, 2.05) is 6.92 Å². The Bertz CT molecular complexity index is 867. The third-order valence-electron chi connectivity index (χ3n) is 4.43. The van der Waals surface area contributed by atoms with Gasteiger partial charge in [0.2, 0.25) is 6.41 Å². The van der Waals surface area contributed by atoms with Crippen molar-refractivity contribution >= 4 is 23.5 Å². The number of anilines is 3. The van der Waals surface area contributed by atoms with Crippen molar-refractivity contribution in [1.29, 1.82) is 0 Å². The third kappa shape index (κ3) is 7.25. The molecule has 7 heteroatoms. The van der Waals surface area contributed by atoms with Crippen LogP contribution < -0.4 is 21.5 Å². The quantitative estimate of drug-likeness (QED) is 0.337. The standard InChI is InChI=1S/C19H26N2O3.C3H7NO/c1-11(2)7-5-9-13(4)20-15-16(19(24)18(15)23)21-14-10-6-8-12(3)17(14)22;1-4(2)3-5/h6,8,10-11,13,20-22H,5,7,9H2,1-4H3;3H,1-2H3. The fourth-order valence-electron chi connectivity index (χ4n) is 2.69. The number of benzene rings is 1. The van der Waals surface area contributed by atoms with E-state index in [4.69, 9.17) is 0 Å². The molecule has 0 bridgehead atoms. The maximum absolute atomic E-state index is 11.9. The van der Waals surface area contributed by atoms with Crippen LogP contribution in [0.15, 0.2) is 27.8 Å². The average Bonchev–Trinajstić information content (AvgIpc) is 2.67. The largest absolute Gasteiger partial charge is 0.505 e. The number of aryl methyl sites for hydroxylation is 1. The van der Waals surface area contributed by atoms with Crippen LogP contribution in [0.4, 0.5) is 17.1 Å². The summed E-state index contributed by atoms with van der Waals surface area (Å²) in [5.74, 6) is 0.742. The van der Waals surface area contributed by atoms with E-state index in [2.05, 4.69) is 24.5 Å². The molecule has 0 aliphatic carbocycles. The molecule has 1 atom stereocenters. The average molecular weight is 404 g/mol. The lowest BCUT2D eigenvalue weighted by Gasteiger charge is -2.20. The van der Waals surface area contributed by atoms with Gasteiger partial charge in [-0.05, 0) is 37.8 Å². The van der Waals surface area contributed by atoms with Gasteiger partial charge in [0.05, 0.1) is 5.69 Å². The lowest BCUT2D eigenvalue weighted by Crippen LogP contribution is -2.38. The summed E-state index contributed by atoms with van der Waals surface area (Å²) in [5, 5.41) is 16.1. The van der Waals surface area contributed by atoms with Gasteiger partial charge in [-0.1, -0.05) is 38.8 Å². The fraction of sp³-hybridized carbons (Fsp3) is 0.500. The van der Waals surface area contributed by atoms with Crippen LogP contribution in [0.1, 0.15) is 45.6 Å². The van der Waals surface area contributed by atoms with Crippen LogP contribution >= 0.6 is 0 Å². The second-order valence-electron chi connectivity index (χ2n) is 7.94. The van der Waals surface area contributed by atoms with Gasteiger partial charge in [-0.3, -0.25) is 14.4 Å². The summed E-state index contributed by atoms with van der Waals surface area (Å²) in [5.41, 5.74) is 0.635. The van der Waals surface area contributed by atoms with Gasteiger partial charge in [0, 0.05) is 20.1 Å². The second kappa shape index (κ2) is 11.2. The van der Waals surface area contributed by atoms with Crippen LogP contribution in [0.25, 0.3) is 0 Å². The Balaban J connectivity index is 0.000000749. The minimum absolute atomic E-state index is 0.0847. The number of nitrogens with one attached hydrogen (secondary N) is 2. The van der Waals surface area contributed by atoms with Gasteiger partial charge in [-0.25, -0.2) is 0 Å². The maximum Gasteiger partial charge on any atom is 0.253 e. The number of hydrogen-bond donors (Lipinski definition) is 3. The van der Waals surface area contributed by atoms with Gasteiger partial charge in [0.25, 0.3) is 10.9 Å². The minimum Gasteiger partial charge on any atom is -0.505 e. The van der Waals surface area contributed by atoms with Crippen molar-refractivity contribution in [2.45, 2.75) is 53.0 Å². The Hall–Kier alpha value is -2.83. The van der Waals surface area contributed by atoms with Crippen molar-refractivity contribution in [3.8, 4) is 5.75 Å². The van der Waals surface area contributed by atoms with Crippen LogP contribution in [0.3, 0.4) is 0 Å². The topological polar surface area (TPSA) is 98.7 Å². The monoisotopic (exact) mass is 403 g/mol. The molecule has 0 saturated heterocycles. The van der Waals surface area contributed by atoms with Gasteiger partial charge >= 0.3 is 0 Å². The molecule has 1 unspecified atom stereocenters. The van der Waals surface area contributed by atoms with Crippen molar-refractivity contribution < 1.29 is 9.90 Å². The normalized spacial score (nSPS) is 11.6. The number of aromatic hydroxyl groups is 1. The number of carbonyl (C=O) groups is 1. The van der Waals surface area contributed by atoms with E-state index in [1.54, 1.807) is 39.2 Å². The first-order valence-electron chi connectivity index (χ1n) is 9.85. The third-order valence-corrected chi connectivity index (χ3v) is 4.43. The molecule has 0 heterocycles. The molecule has 160 valence electrons. The first-order chi connectivity index (χ1) is 13.6. The van der Waals surface area contributed by atoms with E-state index in [9.17, 15) is 19.5 Å². The molecule has 2 aromatic carbocycles.